The van der Waals surface area contributed by atoms with Crippen LogP contribution in [0, 0.1) is 17.5 Å². The van der Waals surface area contributed by atoms with E-state index in [1.807, 2.05) is 109 Å². The largest absolute Gasteiger partial charge is 0.493 e. The summed E-state index contributed by atoms with van der Waals surface area (Å²) in [6.07, 6.45) is 0.750. The molecule has 0 atom stereocenters. The monoisotopic (exact) mass is 1530 g/mol. The van der Waals surface area contributed by atoms with Gasteiger partial charge in [0, 0.05) is 63.6 Å². The Hall–Kier alpha value is -13.2. The summed E-state index contributed by atoms with van der Waals surface area (Å²) in [7, 11) is 12.5. The second-order valence-electron chi connectivity index (χ2n) is 24.6. The number of hydrogen-bond acceptors (Lipinski definition) is 19. The maximum absolute atomic E-state index is 13.7. The summed E-state index contributed by atoms with van der Waals surface area (Å²) in [6, 6.07) is 68.7. The molecular weight excluding hydrogens is 1460 g/mol. The Bertz CT molecular complexity index is 5330. The summed E-state index contributed by atoms with van der Waals surface area (Å²) >= 11 is 3.72. The van der Waals surface area contributed by atoms with E-state index in [0.717, 1.165) is 73.6 Å². The molecule has 17 nitrogen and oxygen atoms in total. The number of hydrogen-bond donors (Lipinski definition) is 3. The molecule has 23 heteroatoms. The number of anilines is 3. The number of nitrogens with zero attached hydrogens (tertiary/aromatic N) is 4. The number of aromatic nitrogens is 3. The average molecular weight is 1530 g/mol. The molecule has 15 rings (SSSR count). The highest BCUT2D eigenvalue weighted by molar-refractivity contribution is 7.22. The smallest absolute Gasteiger partial charge is 0.209 e. The van der Waals surface area contributed by atoms with Crippen LogP contribution in [0.1, 0.15) is 45.7 Å². The number of carbonyl (C=O) groups is 4. The molecule has 0 bridgehead atoms. The third-order valence-electron chi connectivity index (χ3n) is 17.5. The van der Waals surface area contributed by atoms with Gasteiger partial charge in [-0.1, -0.05) is 127 Å². The standard InChI is InChI=1S/3C28H21FN2O3S.C3H7NO/c3*1-33-22-13-10-18(14-23(22)34-2)26(32)27-25(30)24-20(16-8-11-19(29)12-9-16)15-21(31-28(24)35-27)17-6-4-3-5-7-17;1-4(2)3-5/h3*3-15H,30H2,1-2H3;3H,1-2H3. The van der Waals surface area contributed by atoms with Crippen molar-refractivity contribution in [2.24, 2.45) is 0 Å². The number of amides is 1. The van der Waals surface area contributed by atoms with Gasteiger partial charge in [0.1, 0.15) is 46.6 Å². The molecule has 0 spiro atoms. The summed E-state index contributed by atoms with van der Waals surface area (Å²) in [6.45, 7) is 0. The third kappa shape index (κ3) is 16.4. The minimum Gasteiger partial charge on any atom is -0.493 e. The fourth-order valence-corrected chi connectivity index (χ4v) is 15.3. The van der Waals surface area contributed by atoms with Gasteiger partial charge in [-0.2, -0.15) is 0 Å². The first-order chi connectivity index (χ1) is 53.3. The lowest BCUT2D eigenvalue weighted by molar-refractivity contribution is -0.115. The Labute approximate surface area is 643 Å². The van der Waals surface area contributed by atoms with E-state index < -0.39 is 0 Å². The molecule has 6 N–H and O–H groups in total. The quantitative estimate of drug-likeness (QED) is 0.0503. The SMILES string of the molecule is CN(C)C=O.COc1ccc(C(=O)c2sc3nc(-c4ccccc4)cc(-c4ccc(F)cc4)c3c2N)cc1OC.COc1ccc(C(=O)c2sc3nc(-c4ccccc4)cc(-c4ccc(F)cc4)c3c2N)cc1OC.COc1ccc(C(=O)c2sc3nc(-c4ccccc4)cc(-c4ccc(F)cc4)c3c2N)cc1OC. The van der Waals surface area contributed by atoms with Crippen molar-refractivity contribution in [3.8, 4) is 102 Å². The molecular formula is C87H70F3N7O10S3. The van der Waals surface area contributed by atoms with E-state index in [2.05, 4.69) is 0 Å². The molecule has 1 amide bonds. The van der Waals surface area contributed by atoms with Gasteiger partial charge in [0.25, 0.3) is 0 Å². The summed E-state index contributed by atoms with van der Waals surface area (Å²) in [4.78, 5) is 68.9. The highest BCUT2D eigenvalue weighted by atomic mass is 32.1. The molecule has 0 saturated heterocycles. The van der Waals surface area contributed by atoms with E-state index in [4.69, 9.17) is 60.6 Å². The number of methoxy groups -OCH3 is 6. The van der Waals surface area contributed by atoms with Crippen LogP contribution < -0.4 is 45.6 Å². The predicted molar refractivity (Wildman–Crippen MR) is 433 cm³/mol. The highest BCUT2D eigenvalue weighted by Gasteiger charge is 2.28. The van der Waals surface area contributed by atoms with Crippen LogP contribution in [0.5, 0.6) is 34.5 Å². The van der Waals surface area contributed by atoms with Crippen LogP contribution in [0.25, 0.3) is 97.8 Å². The zero-order valence-electron chi connectivity index (χ0n) is 60.6. The molecule has 552 valence electrons. The van der Waals surface area contributed by atoms with Gasteiger partial charge in [-0.3, -0.25) is 19.2 Å². The summed E-state index contributed by atoms with van der Waals surface area (Å²) in [5, 5.41) is 2.01. The summed E-state index contributed by atoms with van der Waals surface area (Å²) in [5.74, 6) is 1.25. The number of ketones is 3. The molecule has 0 fully saturated rings. The van der Waals surface area contributed by atoms with Gasteiger partial charge in [-0.05, 0) is 143 Å². The molecule has 0 aliphatic rings. The minimum absolute atomic E-state index is 0.238. The van der Waals surface area contributed by atoms with Crippen molar-refractivity contribution in [2.45, 2.75) is 0 Å². The molecule has 0 aliphatic carbocycles. The minimum atomic E-state index is -0.329. The van der Waals surface area contributed by atoms with Gasteiger partial charge in [0.15, 0.2) is 34.5 Å². The van der Waals surface area contributed by atoms with Crippen LogP contribution in [0.3, 0.4) is 0 Å². The fraction of sp³-hybridized carbons (Fsp3) is 0.0920. The summed E-state index contributed by atoms with van der Waals surface area (Å²) < 4.78 is 72.9. The van der Waals surface area contributed by atoms with Crippen LogP contribution in [0.2, 0.25) is 0 Å². The third-order valence-corrected chi connectivity index (χ3v) is 20.8. The van der Waals surface area contributed by atoms with Crippen LogP contribution in [-0.2, 0) is 4.79 Å². The van der Waals surface area contributed by atoms with Crippen molar-refractivity contribution >= 4 is 105 Å². The lowest BCUT2D eigenvalue weighted by Crippen LogP contribution is -2.06. The van der Waals surface area contributed by atoms with Gasteiger partial charge in [-0.15, -0.1) is 34.0 Å². The predicted octanol–water partition coefficient (Wildman–Crippen LogP) is 19.5. The molecule has 0 radical (unpaired) electrons. The number of halogens is 3. The van der Waals surface area contributed by atoms with E-state index in [1.54, 1.807) is 105 Å². The molecule has 15 aromatic rings. The lowest BCUT2D eigenvalue weighted by atomic mass is 9.98. The zero-order valence-corrected chi connectivity index (χ0v) is 63.0. The zero-order chi connectivity index (χ0) is 77.9. The first-order valence-electron chi connectivity index (χ1n) is 33.8. The van der Waals surface area contributed by atoms with Gasteiger partial charge in [-0.25, -0.2) is 28.1 Å². The topological polar surface area (TPSA) is 244 Å². The van der Waals surface area contributed by atoms with E-state index >= 15 is 0 Å². The number of nitrogens with two attached hydrogens (primary N) is 3. The Morgan fingerprint density at radius 1 is 0.336 bits per heavy atom. The van der Waals surface area contributed by atoms with E-state index in [0.29, 0.717) is 114 Å². The number of rotatable bonds is 19. The van der Waals surface area contributed by atoms with Gasteiger partial charge in [0.2, 0.25) is 23.8 Å². The Morgan fingerprint density at radius 2 is 0.573 bits per heavy atom. The first kappa shape index (κ1) is 76.4. The van der Waals surface area contributed by atoms with Crippen molar-refractivity contribution in [2.75, 3.05) is 74.0 Å². The Kier molecular flexibility index (Phi) is 23.7. The second kappa shape index (κ2) is 34.1. The lowest BCUT2D eigenvalue weighted by Gasteiger charge is -2.09. The Morgan fingerprint density at radius 3 is 0.791 bits per heavy atom. The number of fused-ring (bicyclic) bond motifs is 3. The highest BCUT2D eigenvalue weighted by Crippen LogP contribution is 2.47. The number of thiophene rings is 3. The maximum Gasteiger partial charge on any atom is 0.209 e. The van der Waals surface area contributed by atoms with Crippen molar-refractivity contribution in [1.82, 2.24) is 19.9 Å². The first-order valence-corrected chi connectivity index (χ1v) is 36.3. The Balaban J connectivity index is 0.000000149. The molecule has 0 unspecified atom stereocenters. The van der Waals surface area contributed by atoms with Gasteiger partial charge >= 0.3 is 0 Å². The van der Waals surface area contributed by atoms with Crippen molar-refractivity contribution in [3.05, 3.63) is 285 Å². The molecule has 0 aliphatic heterocycles. The van der Waals surface area contributed by atoms with Crippen molar-refractivity contribution < 1.29 is 60.8 Å². The second-order valence-corrected chi connectivity index (χ2v) is 27.6. The van der Waals surface area contributed by atoms with Gasteiger partial charge < -0.3 is 50.5 Å². The molecule has 9 aromatic carbocycles. The van der Waals surface area contributed by atoms with Crippen LogP contribution in [0.4, 0.5) is 30.2 Å². The number of carbonyl (C=O) groups excluding carboxylic acids is 4. The molecule has 110 heavy (non-hydrogen) atoms. The normalized spacial score (nSPS) is 10.8. The fourth-order valence-electron chi connectivity index (χ4n) is 12.0. The van der Waals surface area contributed by atoms with Gasteiger partial charge in [0.05, 0.1) is 76.8 Å². The van der Waals surface area contributed by atoms with E-state index in [1.165, 1.54) is 118 Å². The van der Waals surface area contributed by atoms with Crippen LogP contribution >= 0.6 is 34.0 Å². The number of nitrogen functional groups attached to an aromatic ring is 3. The van der Waals surface area contributed by atoms with Crippen molar-refractivity contribution in [1.29, 1.82) is 0 Å². The van der Waals surface area contributed by atoms with Crippen LogP contribution in [0.15, 0.2) is 237 Å². The average Bonchev–Trinajstić information content (AvgIpc) is 1.61. The molecule has 6 aromatic heterocycles. The number of pyridine rings is 3. The van der Waals surface area contributed by atoms with Crippen LogP contribution in [-0.4, -0.2) is 100 Å². The summed E-state index contributed by atoms with van der Waals surface area (Å²) in [5.41, 5.74) is 31.8. The van der Waals surface area contributed by atoms with E-state index in [9.17, 15) is 32.3 Å². The molecule has 6 heterocycles. The maximum atomic E-state index is 13.7. The number of benzene rings is 9. The van der Waals surface area contributed by atoms with Crippen molar-refractivity contribution in [3.63, 3.8) is 0 Å². The number of ether oxygens (including phenoxy) is 6. The van der Waals surface area contributed by atoms with E-state index in [-0.39, 0.29) is 34.8 Å². The molecule has 0 saturated carbocycles.